The quantitative estimate of drug-likeness (QED) is 0.491. The summed E-state index contributed by atoms with van der Waals surface area (Å²) in [5.41, 5.74) is 5.59. The number of fused-ring (bicyclic) bond motifs is 2. The van der Waals surface area contributed by atoms with Crippen LogP contribution in [0, 0.1) is 17.2 Å². The summed E-state index contributed by atoms with van der Waals surface area (Å²) in [5.74, 6) is 0.408. The number of nitrogens with zero attached hydrogens (tertiary/aromatic N) is 5. The molecule has 0 radical (unpaired) electrons. The molecule has 0 unspecified atom stereocenters. The van der Waals surface area contributed by atoms with Crippen molar-refractivity contribution in [2.24, 2.45) is 5.92 Å². The van der Waals surface area contributed by atoms with Crippen LogP contribution in [0.2, 0.25) is 0 Å². The van der Waals surface area contributed by atoms with E-state index in [1.165, 1.54) is 0 Å². The number of H-pyrrole nitrogens is 1. The second kappa shape index (κ2) is 8.58. The van der Waals surface area contributed by atoms with Gasteiger partial charge in [0, 0.05) is 60.6 Å². The third-order valence-electron chi connectivity index (χ3n) is 7.09. The predicted molar refractivity (Wildman–Crippen MR) is 130 cm³/mol. The fourth-order valence-electron chi connectivity index (χ4n) is 5.19. The average Bonchev–Trinajstić information content (AvgIpc) is 3.42. The Morgan fingerprint density at radius 1 is 1.15 bits per heavy atom. The van der Waals surface area contributed by atoms with E-state index >= 15 is 0 Å². The Bertz CT molecular complexity index is 1510. The number of ether oxygens (including phenoxy) is 1. The van der Waals surface area contributed by atoms with Gasteiger partial charge in [-0.2, -0.15) is 5.26 Å². The van der Waals surface area contributed by atoms with Crippen molar-refractivity contribution in [3.8, 4) is 17.2 Å². The van der Waals surface area contributed by atoms with Crippen LogP contribution in [0.5, 0.6) is 0 Å². The van der Waals surface area contributed by atoms with Crippen molar-refractivity contribution in [2.75, 3.05) is 13.2 Å². The summed E-state index contributed by atoms with van der Waals surface area (Å²) >= 11 is 0. The summed E-state index contributed by atoms with van der Waals surface area (Å²) in [4.78, 5) is 26.0. The molecule has 34 heavy (non-hydrogen) atoms. The molecule has 0 spiro atoms. The van der Waals surface area contributed by atoms with E-state index in [1.807, 2.05) is 27.5 Å². The molecule has 1 saturated heterocycles. The molecule has 1 aliphatic heterocycles. The Labute approximate surface area is 196 Å². The highest BCUT2D eigenvalue weighted by atomic mass is 16.5. The van der Waals surface area contributed by atoms with E-state index in [9.17, 15) is 10.1 Å². The molecule has 0 amide bonds. The van der Waals surface area contributed by atoms with Crippen molar-refractivity contribution < 1.29 is 4.74 Å². The second-order valence-electron chi connectivity index (χ2n) is 9.23. The van der Waals surface area contributed by atoms with Gasteiger partial charge >= 0.3 is 5.69 Å². The van der Waals surface area contributed by atoms with Crippen LogP contribution < -0.4 is 5.69 Å². The van der Waals surface area contributed by atoms with Crippen LogP contribution in [-0.2, 0) is 11.3 Å². The molecule has 0 saturated carbocycles. The lowest BCUT2D eigenvalue weighted by molar-refractivity contribution is 0.0613. The highest BCUT2D eigenvalue weighted by molar-refractivity contribution is 5.88. The SMILES string of the molecule is N#Cc1c[nH]c2ncc(-c3cnc4c(c3)n(CC3CCOCC3)c(=O)n4C3=CCCCC3)cc12. The number of pyridine rings is 2. The molecule has 8 heteroatoms. The Kier molecular flexibility index (Phi) is 5.27. The molecule has 0 bridgehead atoms. The molecular weight excluding hydrogens is 428 g/mol. The van der Waals surface area contributed by atoms with Gasteiger partial charge in [0.15, 0.2) is 5.65 Å². The summed E-state index contributed by atoms with van der Waals surface area (Å²) < 4.78 is 9.25. The van der Waals surface area contributed by atoms with Gasteiger partial charge in [0.2, 0.25) is 0 Å². The molecular formula is C26H26N6O2. The largest absolute Gasteiger partial charge is 0.381 e. The van der Waals surface area contributed by atoms with Crippen molar-refractivity contribution in [3.63, 3.8) is 0 Å². The summed E-state index contributed by atoms with van der Waals surface area (Å²) in [5, 5.41) is 10.2. The number of allylic oxidation sites excluding steroid dienone is 2. The smallest absolute Gasteiger partial charge is 0.334 e. The Morgan fingerprint density at radius 2 is 1.97 bits per heavy atom. The van der Waals surface area contributed by atoms with E-state index in [1.54, 1.807) is 12.4 Å². The van der Waals surface area contributed by atoms with Gasteiger partial charge in [0.1, 0.15) is 11.7 Å². The Balaban J connectivity index is 1.51. The van der Waals surface area contributed by atoms with E-state index < -0.39 is 0 Å². The maximum absolute atomic E-state index is 13.7. The first-order valence-electron chi connectivity index (χ1n) is 12.0. The van der Waals surface area contributed by atoms with Crippen LogP contribution in [0.4, 0.5) is 0 Å². The molecule has 1 aliphatic carbocycles. The zero-order valence-corrected chi connectivity index (χ0v) is 19.0. The summed E-state index contributed by atoms with van der Waals surface area (Å²) in [6.45, 7) is 2.16. The first-order valence-corrected chi connectivity index (χ1v) is 12.0. The minimum atomic E-state index is -0.00901. The Morgan fingerprint density at radius 3 is 2.76 bits per heavy atom. The molecule has 6 rings (SSSR count). The zero-order valence-electron chi connectivity index (χ0n) is 19.0. The van der Waals surface area contributed by atoms with E-state index in [4.69, 9.17) is 9.72 Å². The first-order chi connectivity index (χ1) is 16.7. The van der Waals surface area contributed by atoms with Gasteiger partial charge in [-0.1, -0.05) is 6.08 Å². The summed E-state index contributed by atoms with van der Waals surface area (Å²) in [6, 6.07) is 6.21. The second-order valence-corrected chi connectivity index (χ2v) is 9.23. The monoisotopic (exact) mass is 454 g/mol. The van der Waals surface area contributed by atoms with Gasteiger partial charge in [0.25, 0.3) is 0 Å². The zero-order chi connectivity index (χ0) is 23.1. The topological polar surface area (TPSA) is 102 Å². The normalized spacial score (nSPS) is 17.2. The molecule has 4 aromatic heterocycles. The van der Waals surface area contributed by atoms with Crippen LogP contribution in [0.25, 0.3) is 39.0 Å². The molecule has 1 N–H and O–H groups in total. The summed E-state index contributed by atoms with van der Waals surface area (Å²) in [6.07, 6.45) is 13.5. The Hall–Kier alpha value is -3.70. The lowest BCUT2D eigenvalue weighted by Crippen LogP contribution is -2.29. The number of imidazole rings is 1. The molecule has 2 aliphatic rings. The van der Waals surface area contributed by atoms with Crippen LogP contribution in [0.15, 0.2) is 41.6 Å². The lowest BCUT2D eigenvalue weighted by atomic mass is 10.0. The van der Waals surface area contributed by atoms with Gasteiger partial charge in [0.05, 0.1) is 11.1 Å². The molecule has 4 aromatic rings. The number of hydrogen-bond acceptors (Lipinski definition) is 5. The number of nitrogens with one attached hydrogen (secondary N) is 1. The summed E-state index contributed by atoms with van der Waals surface area (Å²) in [7, 11) is 0. The van der Waals surface area contributed by atoms with E-state index in [0.717, 1.165) is 79.5 Å². The van der Waals surface area contributed by atoms with E-state index in [-0.39, 0.29) is 5.69 Å². The third-order valence-corrected chi connectivity index (χ3v) is 7.09. The predicted octanol–water partition coefficient (Wildman–Crippen LogP) is 4.45. The fraction of sp³-hybridized carbons (Fsp3) is 0.385. The lowest BCUT2D eigenvalue weighted by Gasteiger charge is -2.22. The van der Waals surface area contributed by atoms with E-state index in [0.29, 0.717) is 29.3 Å². The maximum atomic E-state index is 13.7. The number of nitriles is 1. The minimum absolute atomic E-state index is 0.00901. The van der Waals surface area contributed by atoms with Gasteiger partial charge in [-0.25, -0.2) is 19.3 Å². The average molecular weight is 455 g/mol. The number of aromatic nitrogens is 5. The van der Waals surface area contributed by atoms with Crippen LogP contribution in [0.3, 0.4) is 0 Å². The molecule has 8 nitrogen and oxygen atoms in total. The van der Waals surface area contributed by atoms with Crippen molar-refractivity contribution in [1.82, 2.24) is 24.1 Å². The highest BCUT2D eigenvalue weighted by Crippen LogP contribution is 2.29. The van der Waals surface area contributed by atoms with Crippen molar-refractivity contribution in [1.29, 1.82) is 5.26 Å². The minimum Gasteiger partial charge on any atom is -0.381 e. The highest BCUT2D eigenvalue weighted by Gasteiger charge is 2.23. The molecule has 5 heterocycles. The number of aromatic amines is 1. The van der Waals surface area contributed by atoms with Crippen LogP contribution in [-0.4, -0.2) is 37.3 Å². The number of rotatable bonds is 4. The van der Waals surface area contributed by atoms with Crippen LogP contribution >= 0.6 is 0 Å². The molecule has 0 atom stereocenters. The van der Waals surface area contributed by atoms with Gasteiger partial charge in [-0.05, 0) is 56.6 Å². The van der Waals surface area contributed by atoms with Crippen molar-refractivity contribution in [3.05, 3.63) is 52.8 Å². The van der Waals surface area contributed by atoms with Gasteiger partial charge in [-0.15, -0.1) is 0 Å². The molecule has 0 aromatic carbocycles. The maximum Gasteiger partial charge on any atom is 0.334 e. The van der Waals surface area contributed by atoms with E-state index in [2.05, 4.69) is 22.1 Å². The number of hydrogen-bond donors (Lipinski definition) is 1. The van der Waals surface area contributed by atoms with Gasteiger partial charge in [-0.3, -0.25) is 4.57 Å². The molecule has 1 fully saturated rings. The van der Waals surface area contributed by atoms with Gasteiger partial charge < -0.3 is 9.72 Å². The first kappa shape index (κ1) is 20.9. The van der Waals surface area contributed by atoms with Crippen molar-refractivity contribution in [2.45, 2.75) is 45.1 Å². The standard InChI is InChI=1S/C26H26N6O2/c27-12-20-15-29-24-22(20)10-18(13-28-24)19-11-23-25(30-14-19)32(21-4-2-1-3-5-21)26(33)31(23)16-17-6-8-34-9-7-17/h4,10-11,13-15,17H,1-3,5-9,16H2,(H,28,29). The fourth-order valence-corrected chi connectivity index (χ4v) is 5.19. The third kappa shape index (κ3) is 3.53. The van der Waals surface area contributed by atoms with Crippen molar-refractivity contribution >= 4 is 27.9 Å². The van der Waals surface area contributed by atoms with Crippen LogP contribution in [0.1, 0.15) is 44.1 Å². The molecule has 172 valence electrons.